The molecular weight excluding hydrogens is 302 g/mol. The van der Waals surface area contributed by atoms with Crippen molar-refractivity contribution >= 4 is 21.7 Å². The molecule has 0 radical (unpaired) electrons. The first-order valence-corrected chi connectivity index (χ1v) is 8.14. The van der Waals surface area contributed by atoms with E-state index in [-0.39, 0.29) is 0 Å². The highest BCUT2D eigenvalue weighted by Crippen LogP contribution is 2.30. The van der Waals surface area contributed by atoms with Crippen LogP contribution in [0.25, 0.3) is 0 Å². The number of rotatable bonds is 7. The molecule has 0 aliphatic heterocycles. The number of nitrogens with zero attached hydrogens (tertiary/aromatic N) is 2. The Labute approximate surface area is 124 Å². The monoisotopic (exact) mass is 325 g/mol. The molecule has 1 fully saturated rings. The van der Waals surface area contributed by atoms with E-state index in [1.54, 1.807) is 0 Å². The van der Waals surface area contributed by atoms with Gasteiger partial charge in [0, 0.05) is 35.9 Å². The largest absolute Gasteiger partial charge is 0.356 e. The highest BCUT2D eigenvalue weighted by atomic mass is 79.9. The summed E-state index contributed by atoms with van der Waals surface area (Å²) >= 11 is 3.53. The van der Waals surface area contributed by atoms with Crippen LogP contribution in [0, 0.1) is 5.92 Å². The minimum absolute atomic E-state index is 0.873. The predicted octanol–water partition coefficient (Wildman–Crippen LogP) is 3.58. The Balaban J connectivity index is 2.14. The first-order valence-electron chi connectivity index (χ1n) is 7.34. The number of aromatic nitrogens is 1. The average molecular weight is 326 g/mol. The van der Waals surface area contributed by atoms with Crippen molar-refractivity contribution < 1.29 is 0 Å². The molecule has 1 N–H and O–H groups in total. The third kappa shape index (κ3) is 3.93. The van der Waals surface area contributed by atoms with Gasteiger partial charge in [0.25, 0.3) is 0 Å². The first-order chi connectivity index (χ1) is 9.24. The lowest BCUT2D eigenvalue weighted by Crippen LogP contribution is -2.34. The van der Waals surface area contributed by atoms with Crippen molar-refractivity contribution in [3.63, 3.8) is 0 Å². The Kier molecular flexibility index (Phi) is 5.64. The number of hydrogen-bond donors (Lipinski definition) is 1. The molecule has 1 heterocycles. The topological polar surface area (TPSA) is 28.2 Å². The van der Waals surface area contributed by atoms with Gasteiger partial charge in [0.2, 0.25) is 0 Å². The molecule has 0 spiro atoms. The Morgan fingerprint density at radius 1 is 1.42 bits per heavy atom. The van der Waals surface area contributed by atoms with Crippen LogP contribution in [0.5, 0.6) is 0 Å². The van der Waals surface area contributed by atoms with Gasteiger partial charge in [-0.05, 0) is 54.2 Å². The summed E-state index contributed by atoms with van der Waals surface area (Å²) < 4.78 is 1.06. The molecule has 0 unspecified atom stereocenters. The van der Waals surface area contributed by atoms with E-state index in [1.165, 1.54) is 24.8 Å². The maximum atomic E-state index is 4.65. The van der Waals surface area contributed by atoms with Crippen molar-refractivity contribution in [1.82, 2.24) is 10.3 Å². The molecule has 0 amide bonds. The number of nitrogens with one attached hydrogen (secondary N) is 1. The fourth-order valence-corrected chi connectivity index (χ4v) is 2.88. The van der Waals surface area contributed by atoms with E-state index in [2.05, 4.69) is 51.0 Å². The molecule has 19 heavy (non-hydrogen) atoms. The van der Waals surface area contributed by atoms with E-state index in [0.29, 0.717) is 0 Å². The molecule has 0 bridgehead atoms. The summed E-state index contributed by atoms with van der Waals surface area (Å²) in [7, 11) is 0. The minimum atomic E-state index is 0.873. The summed E-state index contributed by atoms with van der Waals surface area (Å²) in [5.74, 6) is 2.02. The van der Waals surface area contributed by atoms with Crippen LogP contribution >= 0.6 is 15.9 Å². The molecular formula is C15H24BrN3. The molecule has 106 valence electrons. The lowest BCUT2D eigenvalue weighted by atomic mass is 9.85. The fraction of sp³-hybridized carbons (Fsp3) is 0.667. The number of halogens is 1. The van der Waals surface area contributed by atoms with Crippen LogP contribution in [0.4, 0.5) is 5.82 Å². The maximum Gasteiger partial charge on any atom is 0.133 e. The smallest absolute Gasteiger partial charge is 0.133 e. The SMILES string of the molecule is CCNCc1cc(Br)cnc1N(CC)CC1CCC1. The molecule has 1 aromatic heterocycles. The molecule has 1 aromatic rings. The summed E-state index contributed by atoms with van der Waals surface area (Å²) in [5.41, 5.74) is 1.29. The molecule has 0 atom stereocenters. The Bertz CT molecular complexity index is 404. The van der Waals surface area contributed by atoms with Gasteiger partial charge >= 0.3 is 0 Å². The summed E-state index contributed by atoms with van der Waals surface area (Å²) in [6.07, 6.45) is 6.08. The van der Waals surface area contributed by atoms with E-state index < -0.39 is 0 Å². The van der Waals surface area contributed by atoms with Crippen LogP contribution in [0.15, 0.2) is 16.7 Å². The van der Waals surface area contributed by atoms with E-state index in [4.69, 9.17) is 0 Å². The van der Waals surface area contributed by atoms with Crippen LogP contribution in [0.3, 0.4) is 0 Å². The Morgan fingerprint density at radius 2 is 2.21 bits per heavy atom. The fourth-order valence-electron chi connectivity index (χ4n) is 2.50. The number of hydrogen-bond acceptors (Lipinski definition) is 3. The van der Waals surface area contributed by atoms with Gasteiger partial charge < -0.3 is 10.2 Å². The van der Waals surface area contributed by atoms with E-state index in [0.717, 1.165) is 42.4 Å². The quantitative estimate of drug-likeness (QED) is 0.830. The van der Waals surface area contributed by atoms with Crippen molar-refractivity contribution in [2.45, 2.75) is 39.7 Å². The van der Waals surface area contributed by atoms with Gasteiger partial charge in [-0.25, -0.2) is 4.98 Å². The first kappa shape index (κ1) is 14.8. The summed E-state index contributed by atoms with van der Waals surface area (Å²) in [4.78, 5) is 7.09. The molecule has 4 heteroatoms. The second-order valence-corrected chi connectivity index (χ2v) is 6.17. The Hall–Kier alpha value is -0.610. The van der Waals surface area contributed by atoms with Gasteiger partial charge in [-0.1, -0.05) is 13.3 Å². The van der Waals surface area contributed by atoms with Crippen LogP contribution in [-0.2, 0) is 6.54 Å². The molecule has 1 aliphatic rings. The van der Waals surface area contributed by atoms with Gasteiger partial charge in [-0.3, -0.25) is 0 Å². The van der Waals surface area contributed by atoms with Crippen molar-refractivity contribution in [3.8, 4) is 0 Å². The van der Waals surface area contributed by atoms with E-state index in [1.807, 2.05) is 6.20 Å². The third-order valence-electron chi connectivity index (χ3n) is 3.86. The highest BCUT2D eigenvalue weighted by Gasteiger charge is 2.22. The van der Waals surface area contributed by atoms with Gasteiger partial charge in [0.05, 0.1) is 0 Å². The van der Waals surface area contributed by atoms with Crippen LogP contribution < -0.4 is 10.2 Å². The number of anilines is 1. The lowest BCUT2D eigenvalue weighted by Gasteiger charge is -2.33. The highest BCUT2D eigenvalue weighted by molar-refractivity contribution is 9.10. The predicted molar refractivity (Wildman–Crippen MR) is 84.5 cm³/mol. The Morgan fingerprint density at radius 3 is 2.79 bits per heavy atom. The number of pyridine rings is 1. The minimum Gasteiger partial charge on any atom is -0.356 e. The van der Waals surface area contributed by atoms with Crippen LogP contribution in [-0.4, -0.2) is 24.6 Å². The normalized spacial score (nSPS) is 15.3. The van der Waals surface area contributed by atoms with Crippen molar-refractivity contribution in [2.75, 3.05) is 24.5 Å². The molecule has 1 aliphatic carbocycles. The molecule has 3 nitrogen and oxygen atoms in total. The zero-order valence-electron chi connectivity index (χ0n) is 12.0. The zero-order chi connectivity index (χ0) is 13.7. The van der Waals surface area contributed by atoms with Crippen molar-refractivity contribution in [3.05, 3.63) is 22.3 Å². The van der Waals surface area contributed by atoms with Gasteiger partial charge in [0.15, 0.2) is 0 Å². The summed E-state index contributed by atoms with van der Waals surface area (Å²) in [6.45, 7) is 8.42. The van der Waals surface area contributed by atoms with Crippen molar-refractivity contribution in [1.29, 1.82) is 0 Å². The zero-order valence-corrected chi connectivity index (χ0v) is 13.5. The van der Waals surface area contributed by atoms with Gasteiger partial charge in [-0.2, -0.15) is 0 Å². The van der Waals surface area contributed by atoms with Crippen LogP contribution in [0.2, 0.25) is 0 Å². The molecule has 0 aromatic carbocycles. The van der Waals surface area contributed by atoms with Gasteiger partial charge in [-0.15, -0.1) is 0 Å². The van der Waals surface area contributed by atoms with Gasteiger partial charge in [0.1, 0.15) is 5.82 Å². The molecule has 1 saturated carbocycles. The molecule has 2 rings (SSSR count). The standard InChI is InChI=1S/C15H24BrN3/c1-3-17-9-13-8-14(16)10-18-15(13)19(4-2)11-12-6-5-7-12/h8,10,12,17H,3-7,9,11H2,1-2H3. The van der Waals surface area contributed by atoms with Crippen molar-refractivity contribution in [2.24, 2.45) is 5.92 Å². The maximum absolute atomic E-state index is 4.65. The third-order valence-corrected chi connectivity index (χ3v) is 4.29. The second kappa shape index (κ2) is 7.25. The lowest BCUT2D eigenvalue weighted by molar-refractivity contribution is 0.318. The van der Waals surface area contributed by atoms with E-state index in [9.17, 15) is 0 Å². The summed E-state index contributed by atoms with van der Waals surface area (Å²) in [6, 6.07) is 2.19. The second-order valence-electron chi connectivity index (χ2n) is 5.25. The molecule has 0 saturated heterocycles. The summed E-state index contributed by atoms with van der Waals surface area (Å²) in [5, 5.41) is 3.40. The van der Waals surface area contributed by atoms with E-state index >= 15 is 0 Å². The average Bonchev–Trinajstić information content (AvgIpc) is 2.36. The van der Waals surface area contributed by atoms with Crippen LogP contribution in [0.1, 0.15) is 38.7 Å².